The molecule has 0 radical (unpaired) electrons. The molecule has 1 aliphatic heterocycles. The monoisotopic (exact) mass is 316 g/mol. The highest BCUT2D eigenvalue weighted by Gasteiger charge is 2.38. The number of benzene rings is 2. The molecule has 3 unspecified atom stereocenters. The van der Waals surface area contributed by atoms with Crippen LogP contribution in [0.3, 0.4) is 0 Å². The van der Waals surface area contributed by atoms with E-state index in [0.717, 1.165) is 18.4 Å². The number of nitrogens with two attached hydrogens (primary N) is 1. The summed E-state index contributed by atoms with van der Waals surface area (Å²) in [6, 6.07) is 15.9. The fourth-order valence-electron chi connectivity index (χ4n) is 4.33. The van der Waals surface area contributed by atoms with E-state index in [0.29, 0.717) is 6.04 Å². The van der Waals surface area contributed by atoms with Gasteiger partial charge in [-0.15, -0.1) is 12.4 Å². The molecule has 0 bridgehead atoms. The van der Waals surface area contributed by atoms with Gasteiger partial charge in [-0.2, -0.15) is 0 Å². The molecule has 118 valence electrons. The lowest BCUT2D eigenvalue weighted by atomic mass is 9.78. The lowest BCUT2D eigenvalue weighted by Crippen LogP contribution is -2.38. The first-order valence-electron chi connectivity index (χ1n) is 8.25. The molecule has 0 amide bonds. The molecular weight excluding hydrogens is 292 g/mol. The minimum Gasteiger partial charge on any atom is -0.327 e. The SMILES string of the molecule is Cl.NC1CCCC2CN(Cc3ccc4ccccc4c3)CC12. The summed E-state index contributed by atoms with van der Waals surface area (Å²) in [5, 5.41) is 2.68. The van der Waals surface area contributed by atoms with Gasteiger partial charge < -0.3 is 5.73 Å². The Hall–Kier alpha value is -1.09. The molecule has 1 heterocycles. The Balaban J connectivity index is 0.00000144. The van der Waals surface area contributed by atoms with Crippen molar-refractivity contribution in [1.29, 1.82) is 0 Å². The van der Waals surface area contributed by atoms with Crippen LogP contribution in [0.25, 0.3) is 10.8 Å². The van der Waals surface area contributed by atoms with Crippen molar-refractivity contribution in [3.63, 3.8) is 0 Å². The van der Waals surface area contributed by atoms with Gasteiger partial charge in [0.1, 0.15) is 0 Å². The van der Waals surface area contributed by atoms with Gasteiger partial charge in [0.2, 0.25) is 0 Å². The summed E-state index contributed by atoms with van der Waals surface area (Å²) in [4.78, 5) is 2.62. The van der Waals surface area contributed by atoms with Crippen molar-refractivity contribution in [3.8, 4) is 0 Å². The molecule has 4 rings (SSSR count). The Kier molecular flexibility index (Phi) is 4.72. The molecule has 2 N–H and O–H groups in total. The van der Waals surface area contributed by atoms with E-state index < -0.39 is 0 Å². The Bertz CT molecular complexity index is 642. The van der Waals surface area contributed by atoms with Gasteiger partial charge in [-0.25, -0.2) is 0 Å². The van der Waals surface area contributed by atoms with Crippen molar-refractivity contribution in [2.45, 2.75) is 31.8 Å². The summed E-state index contributed by atoms with van der Waals surface area (Å²) in [6.45, 7) is 3.51. The van der Waals surface area contributed by atoms with Gasteiger partial charge in [-0.05, 0) is 47.1 Å². The second-order valence-corrected chi connectivity index (χ2v) is 6.89. The zero-order valence-corrected chi connectivity index (χ0v) is 13.8. The molecule has 2 aromatic rings. The van der Waals surface area contributed by atoms with Crippen LogP contribution < -0.4 is 5.73 Å². The van der Waals surface area contributed by atoms with E-state index >= 15 is 0 Å². The van der Waals surface area contributed by atoms with Gasteiger partial charge >= 0.3 is 0 Å². The van der Waals surface area contributed by atoms with E-state index in [1.807, 2.05) is 0 Å². The summed E-state index contributed by atoms with van der Waals surface area (Å²) >= 11 is 0. The Morgan fingerprint density at radius 3 is 2.64 bits per heavy atom. The van der Waals surface area contributed by atoms with Crippen molar-refractivity contribution in [2.75, 3.05) is 13.1 Å². The molecular formula is C19H25ClN2. The summed E-state index contributed by atoms with van der Waals surface area (Å²) in [6.07, 6.45) is 3.93. The zero-order chi connectivity index (χ0) is 14.2. The largest absolute Gasteiger partial charge is 0.327 e. The first-order chi connectivity index (χ1) is 10.3. The van der Waals surface area contributed by atoms with Crippen LogP contribution in [0.15, 0.2) is 42.5 Å². The highest BCUT2D eigenvalue weighted by atomic mass is 35.5. The average Bonchev–Trinajstić information content (AvgIpc) is 2.91. The van der Waals surface area contributed by atoms with E-state index in [9.17, 15) is 0 Å². The summed E-state index contributed by atoms with van der Waals surface area (Å²) in [5.74, 6) is 1.58. The molecule has 2 nitrogen and oxygen atoms in total. The Morgan fingerprint density at radius 2 is 1.82 bits per heavy atom. The van der Waals surface area contributed by atoms with Gasteiger partial charge in [0.05, 0.1) is 0 Å². The van der Waals surface area contributed by atoms with Gasteiger partial charge in [0.25, 0.3) is 0 Å². The standard InChI is InChI=1S/C19H24N2.ClH/c20-19-7-3-6-17-12-21(13-18(17)19)11-14-8-9-15-4-1-2-5-16(15)10-14;/h1-2,4-5,8-10,17-19H,3,6-7,11-13,20H2;1H. The summed E-state index contributed by atoms with van der Waals surface area (Å²) in [5.41, 5.74) is 7.75. The van der Waals surface area contributed by atoms with E-state index in [2.05, 4.69) is 47.4 Å². The van der Waals surface area contributed by atoms with Crippen molar-refractivity contribution < 1.29 is 0 Å². The van der Waals surface area contributed by atoms with Crippen LogP contribution in [-0.4, -0.2) is 24.0 Å². The van der Waals surface area contributed by atoms with Crippen molar-refractivity contribution in [1.82, 2.24) is 4.90 Å². The lowest BCUT2D eigenvalue weighted by molar-refractivity contribution is 0.259. The van der Waals surface area contributed by atoms with Crippen LogP contribution in [0.4, 0.5) is 0 Å². The highest BCUT2D eigenvalue weighted by molar-refractivity contribution is 5.85. The van der Waals surface area contributed by atoms with Crippen molar-refractivity contribution in [2.24, 2.45) is 17.6 Å². The van der Waals surface area contributed by atoms with Crippen molar-refractivity contribution in [3.05, 3.63) is 48.0 Å². The molecule has 2 aliphatic rings. The van der Waals surface area contributed by atoms with E-state index in [1.165, 1.54) is 48.7 Å². The van der Waals surface area contributed by atoms with Gasteiger partial charge in [0.15, 0.2) is 0 Å². The minimum atomic E-state index is 0. The van der Waals surface area contributed by atoms with E-state index in [1.54, 1.807) is 0 Å². The van der Waals surface area contributed by atoms with Crippen LogP contribution in [0.1, 0.15) is 24.8 Å². The zero-order valence-electron chi connectivity index (χ0n) is 12.9. The van der Waals surface area contributed by atoms with Crippen molar-refractivity contribution >= 4 is 23.2 Å². The molecule has 0 spiro atoms. The molecule has 1 saturated carbocycles. The number of likely N-dealkylation sites (tertiary alicyclic amines) is 1. The quantitative estimate of drug-likeness (QED) is 0.912. The fraction of sp³-hybridized carbons (Fsp3) is 0.474. The van der Waals surface area contributed by atoms with Crippen LogP contribution in [0.2, 0.25) is 0 Å². The van der Waals surface area contributed by atoms with Gasteiger partial charge in [0, 0.05) is 25.7 Å². The summed E-state index contributed by atoms with van der Waals surface area (Å²) < 4.78 is 0. The third-order valence-electron chi connectivity index (χ3n) is 5.45. The van der Waals surface area contributed by atoms with E-state index in [-0.39, 0.29) is 12.4 Å². The fourth-order valence-corrected chi connectivity index (χ4v) is 4.33. The number of fused-ring (bicyclic) bond motifs is 2. The molecule has 3 atom stereocenters. The number of hydrogen-bond donors (Lipinski definition) is 1. The summed E-state index contributed by atoms with van der Waals surface area (Å²) in [7, 11) is 0. The maximum absolute atomic E-state index is 6.32. The first-order valence-corrected chi connectivity index (χ1v) is 8.25. The molecule has 2 aromatic carbocycles. The number of hydrogen-bond acceptors (Lipinski definition) is 2. The maximum Gasteiger partial charge on any atom is 0.0234 e. The molecule has 1 aliphatic carbocycles. The van der Waals surface area contributed by atoms with Gasteiger partial charge in [-0.1, -0.05) is 42.8 Å². The molecule has 2 fully saturated rings. The third-order valence-corrected chi connectivity index (χ3v) is 5.45. The second kappa shape index (κ2) is 6.57. The molecule has 3 heteroatoms. The van der Waals surface area contributed by atoms with Gasteiger partial charge in [-0.3, -0.25) is 4.90 Å². The Morgan fingerprint density at radius 1 is 1.00 bits per heavy atom. The number of rotatable bonds is 2. The van der Waals surface area contributed by atoms with Crippen LogP contribution in [0.5, 0.6) is 0 Å². The lowest BCUT2D eigenvalue weighted by Gasteiger charge is -2.29. The Labute approximate surface area is 139 Å². The number of halogens is 1. The third kappa shape index (κ3) is 3.01. The van der Waals surface area contributed by atoms with Crippen LogP contribution in [0, 0.1) is 11.8 Å². The van der Waals surface area contributed by atoms with Crippen LogP contribution in [-0.2, 0) is 6.54 Å². The average molecular weight is 317 g/mol. The first kappa shape index (κ1) is 15.8. The van der Waals surface area contributed by atoms with Crippen LogP contribution >= 0.6 is 12.4 Å². The highest BCUT2D eigenvalue weighted by Crippen LogP contribution is 2.36. The topological polar surface area (TPSA) is 29.3 Å². The minimum absolute atomic E-state index is 0. The molecule has 1 saturated heterocycles. The smallest absolute Gasteiger partial charge is 0.0234 e. The predicted molar refractivity (Wildman–Crippen MR) is 95.3 cm³/mol. The normalized spacial score (nSPS) is 28.3. The molecule has 22 heavy (non-hydrogen) atoms. The molecule has 0 aromatic heterocycles. The van der Waals surface area contributed by atoms with E-state index in [4.69, 9.17) is 5.73 Å². The predicted octanol–water partition coefficient (Wildman–Crippen LogP) is 3.82. The maximum atomic E-state index is 6.32. The number of nitrogens with zero attached hydrogens (tertiary/aromatic N) is 1. The second-order valence-electron chi connectivity index (χ2n) is 6.89.